The van der Waals surface area contributed by atoms with Crippen LogP contribution in [0.3, 0.4) is 0 Å². The third kappa shape index (κ3) is 3.67. The van der Waals surface area contributed by atoms with E-state index in [9.17, 15) is 9.59 Å². The Labute approximate surface area is 165 Å². The molecule has 0 aromatic heterocycles. The molecule has 1 aliphatic heterocycles. The van der Waals surface area contributed by atoms with Gasteiger partial charge in [-0.25, -0.2) is 0 Å². The summed E-state index contributed by atoms with van der Waals surface area (Å²) < 4.78 is 10.6. The minimum Gasteiger partial charge on any atom is -0.496 e. The molecule has 2 amide bonds. The molecule has 0 unspecified atom stereocenters. The summed E-state index contributed by atoms with van der Waals surface area (Å²) in [5, 5.41) is 2.90. The number of para-hydroxylation sites is 1. The van der Waals surface area contributed by atoms with Crippen molar-refractivity contribution in [3.8, 4) is 11.5 Å². The van der Waals surface area contributed by atoms with Crippen molar-refractivity contribution in [3.05, 3.63) is 53.6 Å². The molecule has 1 heterocycles. The third-order valence-electron chi connectivity index (χ3n) is 5.03. The molecule has 28 heavy (non-hydrogen) atoms. The smallest absolute Gasteiger partial charge is 0.259 e. The number of methoxy groups -OCH3 is 2. The molecular weight excluding hydrogens is 356 g/mol. The van der Waals surface area contributed by atoms with Gasteiger partial charge in [-0.1, -0.05) is 38.1 Å². The van der Waals surface area contributed by atoms with E-state index in [4.69, 9.17) is 9.47 Å². The molecule has 1 atom stereocenters. The van der Waals surface area contributed by atoms with Gasteiger partial charge in [-0.15, -0.1) is 0 Å². The van der Waals surface area contributed by atoms with Crippen LogP contribution in [0.25, 0.3) is 0 Å². The zero-order valence-corrected chi connectivity index (χ0v) is 16.7. The average Bonchev–Trinajstić information content (AvgIpc) is 3.14. The van der Waals surface area contributed by atoms with E-state index in [0.29, 0.717) is 18.0 Å². The summed E-state index contributed by atoms with van der Waals surface area (Å²) in [7, 11) is 3.00. The zero-order chi connectivity index (χ0) is 20.3. The van der Waals surface area contributed by atoms with Gasteiger partial charge in [0, 0.05) is 12.2 Å². The van der Waals surface area contributed by atoms with Gasteiger partial charge in [-0.2, -0.15) is 0 Å². The topological polar surface area (TPSA) is 67.9 Å². The number of anilines is 1. The number of fused-ring (bicyclic) bond motifs is 1. The highest BCUT2D eigenvalue weighted by Gasteiger charge is 2.34. The summed E-state index contributed by atoms with van der Waals surface area (Å²) in [4.78, 5) is 28.1. The highest BCUT2D eigenvalue weighted by molar-refractivity contribution is 6.05. The standard InChI is InChI=1S/C22H26N2O4/c1-14(2)20(22(26)24-13-12-15-8-5-6-9-16(15)24)23-21(25)19-17(27-3)10-7-11-18(19)28-4/h5-11,14,20H,12-13H2,1-4H3,(H,23,25)/t20-/m0/s1. The molecule has 6 heteroatoms. The minimum absolute atomic E-state index is 0.0788. The van der Waals surface area contributed by atoms with Crippen molar-refractivity contribution in [2.45, 2.75) is 26.3 Å². The first-order valence-corrected chi connectivity index (χ1v) is 9.39. The lowest BCUT2D eigenvalue weighted by molar-refractivity contribution is -0.121. The van der Waals surface area contributed by atoms with Gasteiger partial charge in [0.2, 0.25) is 5.91 Å². The van der Waals surface area contributed by atoms with Gasteiger partial charge in [-0.05, 0) is 36.1 Å². The third-order valence-corrected chi connectivity index (χ3v) is 5.03. The lowest BCUT2D eigenvalue weighted by Gasteiger charge is -2.27. The number of nitrogens with one attached hydrogen (secondary N) is 1. The van der Waals surface area contributed by atoms with E-state index in [-0.39, 0.29) is 17.4 Å². The van der Waals surface area contributed by atoms with E-state index in [1.807, 2.05) is 38.1 Å². The highest BCUT2D eigenvalue weighted by Crippen LogP contribution is 2.30. The second kappa shape index (κ2) is 8.33. The van der Waals surface area contributed by atoms with Crippen LogP contribution in [0.2, 0.25) is 0 Å². The summed E-state index contributed by atoms with van der Waals surface area (Å²) in [5.74, 6) is 0.220. The minimum atomic E-state index is -0.659. The van der Waals surface area contributed by atoms with Gasteiger partial charge < -0.3 is 19.7 Å². The van der Waals surface area contributed by atoms with Crippen LogP contribution in [-0.4, -0.2) is 38.6 Å². The van der Waals surface area contributed by atoms with E-state index >= 15 is 0 Å². The Morgan fingerprint density at radius 2 is 1.64 bits per heavy atom. The molecule has 0 bridgehead atoms. The first-order chi connectivity index (χ1) is 13.5. The lowest BCUT2D eigenvalue weighted by Crippen LogP contribution is -2.51. The van der Waals surface area contributed by atoms with E-state index in [1.54, 1.807) is 23.1 Å². The predicted octanol–water partition coefficient (Wildman–Crippen LogP) is 3.05. The maximum Gasteiger partial charge on any atom is 0.259 e. The fourth-order valence-corrected chi connectivity index (χ4v) is 3.54. The number of ether oxygens (including phenoxy) is 2. The van der Waals surface area contributed by atoms with Crippen molar-refractivity contribution in [3.63, 3.8) is 0 Å². The van der Waals surface area contributed by atoms with Crippen LogP contribution in [0.15, 0.2) is 42.5 Å². The number of nitrogens with zero attached hydrogens (tertiary/aromatic N) is 1. The van der Waals surface area contributed by atoms with Crippen molar-refractivity contribution < 1.29 is 19.1 Å². The Morgan fingerprint density at radius 1 is 1.00 bits per heavy atom. The molecule has 2 aromatic carbocycles. The summed E-state index contributed by atoms with van der Waals surface area (Å²) in [6.45, 7) is 4.46. The van der Waals surface area contributed by atoms with Crippen molar-refractivity contribution >= 4 is 17.5 Å². The molecule has 3 rings (SSSR count). The summed E-state index contributed by atoms with van der Waals surface area (Å²) in [6, 6.07) is 12.4. The van der Waals surface area contributed by atoms with Crippen LogP contribution in [0.5, 0.6) is 11.5 Å². The zero-order valence-electron chi connectivity index (χ0n) is 16.7. The maximum absolute atomic E-state index is 13.3. The normalized spacial score (nSPS) is 13.8. The Hall–Kier alpha value is -3.02. The second-order valence-corrected chi connectivity index (χ2v) is 7.10. The molecule has 1 N–H and O–H groups in total. The van der Waals surface area contributed by atoms with E-state index in [1.165, 1.54) is 14.2 Å². The molecule has 0 saturated carbocycles. The Morgan fingerprint density at radius 3 is 2.25 bits per heavy atom. The molecular formula is C22H26N2O4. The fourth-order valence-electron chi connectivity index (χ4n) is 3.54. The van der Waals surface area contributed by atoms with E-state index in [0.717, 1.165) is 17.7 Å². The van der Waals surface area contributed by atoms with Gasteiger partial charge in [0.15, 0.2) is 0 Å². The highest BCUT2D eigenvalue weighted by atomic mass is 16.5. The second-order valence-electron chi connectivity index (χ2n) is 7.10. The fraction of sp³-hybridized carbons (Fsp3) is 0.364. The van der Waals surface area contributed by atoms with Gasteiger partial charge in [-0.3, -0.25) is 9.59 Å². The number of amides is 2. The Bertz CT molecular complexity index is 856. The van der Waals surface area contributed by atoms with Crippen molar-refractivity contribution in [1.82, 2.24) is 5.32 Å². The van der Waals surface area contributed by atoms with Gasteiger partial charge in [0.05, 0.1) is 14.2 Å². The van der Waals surface area contributed by atoms with Crippen LogP contribution in [0, 0.1) is 5.92 Å². The monoisotopic (exact) mass is 382 g/mol. The number of benzene rings is 2. The van der Waals surface area contributed by atoms with Crippen LogP contribution in [0.4, 0.5) is 5.69 Å². The first-order valence-electron chi connectivity index (χ1n) is 9.39. The lowest BCUT2D eigenvalue weighted by atomic mass is 10.0. The van der Waals surface area contributed by atoms with Gasteiger partial charge in [0.25, 0.3) is 5.91 Å². The van der Waals surface area contributed by atoms with Crippen molar-refractivity contribution in [2.75, 3.05) is 25.7 Å². The molecule has 0 spiro atoms. The predicted molar refractivity (Wildman–Crippen MR) is 108 cm³/mol. The number of carbonyl (C=O) groups excluding carboxylic acids is 2. The molecule has 0 aliphatic carbocycles. The van der Waals surface area contributed by atoms with Crippen LogP contribution in [-0.2, 0) is 11.2 Å². The molecule has 0 radical (unpaired) electrons. The summed E-state index contributed by atoms with van der Waals surface area (Å²) >= 11 is 0. The number of rotatable bonds is 6. The average molecular weight is 382 g/mol. The molecule has 0 saturated heterocycles. The van der Waals surface area contributed by atoms with Gasteiger partial charge >= 0.3 is 0 Å². The molecule has 2 aromatic rings. The quantitative estimate of drug-likeness (QED) is 0.834. The number of carbonyl (C=O) groups is 2. The summed E-state index contributed by atoms with van der Waals surface area (Å²) in [5.41, 5.74) is 2.35. The van der Waals surface area contributed by atoms with Crippen molar-refractivity contribution in [1.29, 1.82) is 0 Å². The SMILES string of the molecule is COc1cccc(OC)c1C(=O)N[C@H](C(=O)N1CCc2ccccc21)C(C)C. The van der Waals surface area contributed by atoms with Crippen LogP contribution in [0.1, 0.15) is 29.8 Å². The largest absolute Gasteiger partial charge is 0.496 e. The number of hydrogen-bond donors (Lipinski definition) is 1. The van der Waals surface area contributed by atoms with Crippen LogP contribution < -0.4 is 19.7 Å². The molecule has 1 aliphatic rings. The molecule has 6 nitrogen and oxygen atoms in total. The Balaban J connectivity index is 1.87. The van der Waals surface area contributed by atoms with Gasteiger partial charge in [0.1, 0.15) is 23.1 Å². The number of hydrogen-bond acceptors (Lipinski definition) is 4. The maximum atomic E-state index is 13.3. The molecule has 148 valence electrons. The molecule has 0 fully saturated rings. The Kier molecular flexibility index (Phi) is 5.87. The van der Waals surface area contributed by atoms with E-state index in [2.05, 4.69) is 5.32 Å². The van der Waals surface area contributed by atoms with E-state index < -0.39 is 11.9 Å². The summed E-state index contributed by atoms with van der Waals surface area (Å²) in [6.07, 6.45) is 0.820. The first kappa shape index (κ1) is 19.7. The van der Waals surface area contributed by atoms with Crippen LogP contribution >= 0.6 is 0 Å². The van der Waals surface area contributed by atoms with Crippen molar-refractivity contribution in [2.24, 2.45) is 5.92 Å².